The third kappa shape index (κ3) is 2.64. The van der Waals surface area contributed by atoms with E-state index in [2.05, 4.69) is 25.8 Å². The molecule has 1 saturated heterocycles. The average Bonchev–Trinajstić information content (AvgIpc) is 3.38. The molecule has 1 unspecified atom stereocenters. The molecule has 5 rings (SSSR count). The van der Waals surface area contributed by atoms with Crippen molar-refractivity contribution >= 4 is 16.7 Å². The zero-order valence-electron chi connectivity index (χ0n) is 15.5. The van der Waals surface area contributed by atoms with Gasteiger partial charge >= 0.3 is 0 Å². The lowest BCUT2D eigenvalue weighted by Crippen LogP contribution is -2.14. The molecule has 0 radical (unpaired) electrons. The second-order valence-corrected chi connectivity index (χ2v) is 7.84. The number of imidazole rings is 1. The Morgan fingerprint density at radius 2 is 1.96 bits per heavy atom. The van der Waals surface area contributed by atoms with E-state index in [9.17, 15) is 5.11 Å². The van der Waals surface area contributed by atoms with E-state index in [4.69, 9.17) is 4.98 Å². The molecule has 4 aromatic rings. The maximum Gasteiger partial charge on any atom is 0.154 e. The SMILES string of the molecule is CC(C)(O)c1ccc(-c2nc(C3CCNC3)n3c2cnc2[nH]ccc23)cc1. The Kier molecular flexibility index (Phi) is 3.60. The van der Waals surface area contributed by atoms with Crippen molar-refractivity contribution in [3.63, 3.8) is 0 Å². The number of benzene rings is 1. The van der Waals surface area contributed by atoms with E-state index in [0.717, 1.165) is 58.8 Å². The molecule has 27 heavy (non-hydrogen) atoms. The lowest BCUT2D eigenvalue weighted by Gasteiger charge is -2.17. The van der Waals surface area contributed by atoms with Crippen LogP contribution >= 0.6 is 0 Å². The average molecular weight is 361 g/mol. The molecule has 0 aliphatic carbocycles. The van der Waals surface area contributed by atoms with Crippen LogP contribution in [0, 0.1) is 0 Å². The smallest absolute Gasteiger partial charge is 0.154 e. The largest absolute Gasteiger partial charge is 0.386 e. The molecule has 1 aromatic carbocycles. The van der Waals surface area contributed by atoms with Gasteiger partial charge in [0.25, 0.3) is 0 Å². The fourth-order valence-corrected chi connectivity index (χ4v) is 3.98. The van der Waals surface area contributed by atoms with Gasteiger partial charge in [-0.15, -0.1) is 0 Å². The number of H-pyrrole nitrogens is 1. The van der Waals surface area contributed by atoms with Gasteiger partial charge in [-0.25, -0.2) is 9.97 Å². The second kappa shape index (κ2) is 5.90. The molecule has 1 aliphatic rings. The first-order valence-corrected chi connectivity index (χ1v) is 9.41. The van der Waals surface area contributed by atoms with E-state index < -0.39 is 5.60 Å². The third-order valence-electron chi connectivity index (χ3n) is 5.49. The van der Waals surface area contributed by atoms with Crippen molar-refractivity contribution in [2.24, 2.45) is 0 Å². The highest BCUT2D eigenvalue weighted by Crippen LogP contribution is 2.33. The normalized spacial score (nSPS) is 18.0. The van der Waals surface area contributed by atoms with E-state index in [1.165, 1.54) is 0 Å². The highest BCUT2D eigenvalue weighted by atomic mass is 16.3. The van der Waals surface area contributed by atoms with Crippen molar-refractivity contribution in [2.45, 2.75) is 31.8 Å². The van der Waals surface area contributed by atoms with Crippen molar-refractivity contribution in [1.29, 1.82) is 0 Å². The summed E-state index contributed by atoms with van der Waals surface area (Å²) in [7, 11) is 0. The number of rotatable bonds is 3. The zero-order chi connectivity index (χ0) is 18.6. The number of aromatic nitrogens is 4. The van der Waals surface area contributed by atoms with E-state index in [-0.39, 0.29) is 0 Å². The van der Waals surface area contributed by atoms with Crippen LogP contribution in [0.1, 0.15) is 37.6 Å². The lowest BCUT2D eigenvalue weighted by molar-refractivity contribution is 0.0786. The van der Waals surface area contributed by atoms with Crippen LogP contribution < -0.4 is 5.32 Å². The van der Waals surface area contributed by atoms with E-state index in [0.29, 0.717) is 5.92 Å². The molecule has 138 valence electrons. The topological polar surface area (TPSA) is 78.2 Å². The number of nitrogens with zero attached hydrogens (tertiary/aromatic N) is 3. The second-order valence-electron chi connectivity index (χ2n) is 7.84. The lowest BCUT2D eigenvalue weighted by atomic mass is 9.97. The molecule has 1 aliphatic heterocycles. The summed E-state index contributed by atoms with van der Waals surface area (Å²) in [6.45, 7) is 5.57. The fraction of sp³-hybridized carbons (Fsp3) is 0.333. The minimum atomic E-state index is -0.853. The molecular weight excluding hydrogens is 338 g/mol. The van der Waals surface area contributed by atoms with Gasteiger partial charge in [-0.1, -0.05) is 24.3 Å². The summed E-state index contributed by atoms with van der Waals surface area (Å²) in [5.41, 5.74) is 4.96. The minimum absolute atomic E-state index is 0.391. The molecule has 4 heterocycles. The number of hydrogen-bond acceptors (Lipinski definition) is 4. The molecular formula is C21H23N5O. The Hall–Kier alpha value is -2.70. The summed E-state index contributed by atoms with van der Waals surface area (Å²) < 4.78 is 2.25. The van der Waals surface area contributed by atoms with Gasteiger partial charge in [0, 0.05) is 24.2 Å². The van der Waals surface area contributed by atoms with Gasteiger partial charge in [-0.05, 0) is 38.4 Å². The predicted molar refractivity (Wildman–Crippen MR) is 106 cm³/mol. The Morgan fingerprint density at radius 1 is 1.15 bits per heavy atom. The van der Waals surface area contributed by atoms with Crippen LogP contribution in [0.25, 0.3) is 27.9 Å². The molecule has 6 heteroatoms. The van der Waals surface area contributed by atoms with Crippen molar-refractivity contribution in [1.82, 2.24) is 24.7 Å². The number of nitrogens with one attached hydrogen (secondary N) is 2. The monoisotopic (exact) mass is 361 g/mol. The highest BCUT2D eigenvalue weighted by molar-refractivity contribution is 5.84. The molecule has 6 nitrogen and oxygen atoms in total. The summed E-state index contributed by atoms with van der Waals surface area (Å²) in [6, 6.07) is 10.1. The molecule has 3 N–H and O–H groups in total. The Bertz CT molecular complexity index is 1110. The first kappa shape index (κ1) is 16.5. The summed E-state index contributed by atoms with van der Waals surface area (Å²) in [6.07, 6.45) is 4.91. The summed E-state index contributed by atoms with van der Waals surface area (Å²) in [5.74, 6) is 1.48. The molecule has 0 amide bonds. The standard InChI is InChI=1S/C21H23N5O/c1-21(2,27)15-5-3-13(4-6-15)18-17-12-24-19-16(8-10-23-19)26(17)20(25-18)14-7-9-22-11-14/h3-6,8,10,12,14,22-23,27H,7,9,11H2,1-2H3. The van der Waals surface area contributed by atoms with Gasteiger partial charge < -0.3 is 15.4 Å². The van der Waals surface area contributed by atoms with Crippen molar-refractivity contribution < 1.29 is 5.11 Å². The van der Waals surface area contributed by atoms with Gasteiger partial charge in [0.05, 0.1) is 28.5 Å². The first-order valence-electron chi connectivity index (χ1n) is 9.41. The van der Waals surface area contributed by atoms with Crippen molar-refractivity contribution in [3.05, 3.63) is 54.1 Å². The van der Waals surface area contributed by atoms with Gasteiger partial charge in [0.2, 0.25) is 0 Å². The predicted octanol–water partition coefficient (Wildman–Crippen LogP) is 3.18. The maximum atomic E-state index is 10.2. The zero-order valence-corrected chi connectivity index (χ0v) is 15.5. The maximum absolute atomic E-state index is 10.2. The molecule has 3 aromatic heterocycles. The Morgan fingerprint density at radius 3 is 2.67 bits per heavy atom. The molecule has 1 fully saturated rings. The van der Waals surface area contributed by atoms with E-state index in [1.54, 1.807) is 13.8 Å². The van der Waals surface area contributed by atoms with Crippen LogP contribution in [-0.4, -0.2) is 37.5 Å². The number of fused-ring (bicyclic) bond motifs is 3. The van der Waals surface area contributed by atoms with E-state index >= 15 is 0 Å². The quantitative estimate of drug-likeness (QED) is 0.524. The number of aliphatic hydroxyl groups is 1. The molecule has 0 saturated carbocycles. The summed E-state index contributed by atoms with van der Waals surface area (Å²) >= 11 is 0. The van der Waals surface area contributed by atoms with Crippen molar-refractivity contribution in [3.8, 4) is 11.3 Å². The van der Waals surface area contributed by atoms with Crippen molar-refractivity contribution in [2.75, 3.05) is 13.1 Å². The Balaban J connectivity index is 1.73. The van der Waals surface area contributed by atoms with Crippen LogP contribution in [-0.2, 0) is 5.60 Å². The van der Waals surface area contributed by atoms with Crippen LogP contribution in [0.15, 0.2) is 42.7 Å². The Labute approximate surface area is 157 Å². The van der Waals surface area contributed by atoms with Gasteiger partial charge in [0.15, 0.2) is 5.65 Å². The van der Waals surface area contributed by atoms with Gasteiger partial charge in [-0.3, -0.25) is 4.40 Å². The van der Waals surface area contributed by atoms with E-state index in [1.807, 2.05) is 36.7 Å². The summed E-state index contributed by atoms with van der Waals surface area (Å²) in [4.78, 5) is 12.8. The van der Waals surface area contributed by atoms with Gasteiger partial charge in [0.1, 0.15) is 5.82 Å². The highest BCUT2D eigenvalue weighted by Gasteiger charge is 2.25. The summed E-state index contributed by atoms with van der Waals surface area (Å²) in [5, 5.41) is 13.7. The van der Waals surface area contributed by atoms with Gasteiger partial charge in [-0.2, -0.15) is 0 Å². The molecule has 1 atom stereocenters. The minimum Gasteiger partial charge on any atom is -0.386 e. The van der Waals surface area contributed by atoms with Crippen LogP contribution in [0.2, 0.25) is 0 Å². The third-order valence-corrected chi connectivity index (χ3v) is 5.49. The van der Waals surface area contributed by atoms with Crippen LogP contribution in [0.3, 0.4) is 0 Å². The van der Waals surface area contributed by atoms with Crippen LogP contribution in [0.4, 0.5) is 0 Å². The first-order chi connectivity index (χ1) is 13.0. The number of hydrogen-bond donors (Lipinski definition) is 3. The molecule has 0 bridgehead atoms. The fourth-order valence-electron chi connectivity index (χ4n) is 3.98. The molecule has 0 spiro atoms. The number of aromatic amines is 1. The van der Waals surface area contributed by atoms with Crippen LogP contribution in [0.5, 0.6) is 0 Å².